The SMILES string of the molecule is COc1ccc(CN(C)C(=O)c2ccc(-n3cccn3)cc2)c(OC)c1OC. The van der Waals surface area contributed by atoms with Crippen LogP contribution in [0.15, 0.2) is 54.9 Å². The lowest BCUT2D eigenvalue weighted by Crippen LogP contribution is -2.26. The average molecular weight is 381 g/mol. The summed E-state index contributed by atoms with van der Waals surface area (Å²) in [5.74, 6) is 1.54. The van der Waals surface area contributed by atoms with Crippen molar-refractivity contribution in [3.8, 4) is 22.9 Å². The van der Waals surface area contributed by atoms with Gasteiger partial charge >= 0.3 is 0 Å². The van der Waals surface area contributed by atoms with E-state index < -0.39 is 0 Å². The second-order valence-electron chi connectivity index (χ2n) is 6.15. The van der Waals surface area contributed by atoms with Crippen molar-refractivity contribution < 1.29 is 19.0 Å². The van der Waals surface area contributed by atoms with Crippen molar-refractivity contribution >= 4 is 5.91 Å². The van der Waals surface area contributed by atoms with E-state index in [4.69, 9.17) is 14.2 Å². The van der Waals surface area contributed by atoms with Gasteiger partial charge in [-0.3, -0.25) is 4.79 Å². The van der Waals surface area contributed by atoms with Crippen molar-refractivity contribution in [2.75, 3.05) is 28.4 Å². The molecule has 2 aromatic carbocycles. The number of methoxy groups -OCH3 is 3. The summed E-state index contributed by atoms with van der Waals surface area (Å²) in [5.41, 5.74) is 2.31. The number of ether oxygens (including phenoxy) is 3. The van der Waals surface area contributed by atoms with Crippen LogP contribution in [-0.4, -0.2) is 49.0 Å². The standard InChI is InChI=1S/C21H23N3O4/c1-23(14-16-8-11-18(26-2)20(28-4)19(16)27-3)21(25)15-6-9-17(10-7-15)24-13-5-12-22-24/h5-13H,14H2,1-4H3. The fourth-order valence-electron chi connectivity index (χ4n) is 3.01. The van der Waals surface area contributed by atoms with Gasteiger partial charge in [0, 0.05) is 37.1 Å². The monoisotopic (exact) mass is 381 g/mol. The van der Waals surface area contributed by atoms with Gasteiger partial charge in [-0.05, 0) is 42.5 Å². The number of carbonyl (C=O) groups excluding carboxylic acids is 1. The molecule has 0 bridgehead atoms. The molecule has 3 aromatic rings. The van der Waals surface area contributed by atoms with Crippen LogP contribution in [-0.2, 0) is 6.54 Å². The molecule has 0 radical (unpaired) electrons. The van der Waals surface area contributed by atoms with Crippen molar-refractivity contribution in [3.63, 3.8) is 0 Å². The molecule has 146 valence electrons. The molecule has 0 spiro atoms. The molecule has 7 nitrogen and oxygen atoms in total. The Bertz CT molecular complexity index is 937. The molecule has 0 saturated heterocycles. The minimum Gasteiger partial charge on any atom is -0.493 e. The highest BCUT2D eigenvalue weighted by Crippen LogP contribution is 2.40. The summed E-state index contributed by atoms with van der Waals surface area (Å²) in [5, 5.41) is 4.19. The Labute approximate surface area is 164 Å². The molecule has 3 rings (SSSR count). The number of hydrogen-bond donors (Lipinski definition) is 0. The molecule has 0 aliphatic rings. The highest BCUT2D eigenvalue weighted by molar-refractivity contribution is 5.94. The van der Waals surface area contributed by atoms with Crippen LogP contribution in [0.4, 0.5) is 0 Å². The van der Waals surface area contributed by atoms with Crippen LogP contribution in [0.2, 0.25) is 0 Å². The number of amides is 1. The van der Waals surface area contributed by atoms with Crippen LogP contribution in [0, 0.1) is 0 Å². The number of rotatable bonds is 7. The van der Waals surface area contributed by atoms with Crippen molar-refractivity contribution in [1.82, 2.24) is 14.7 Å². The third kappa shape index (κ3) is 3.78. The first-order valence-corrected chi connectivity index (χ1v) is 8.72. The van der Waals surface area contributed by atoms with E-state index in [-0.39, 0.29) is 5.91 Å². The smallest absolute Gasteiger partial charge is 0.253 e. The van der Waals surface area contributed by atoms with Gasteiger partial charge in [-0.2, -0.15) is 5.10 Å². The van der Waals surface area contributed by atoms with Gasteiger partial charge in [-0.1, -0.05) is 0 Å². The molecule has 28 heavy (non-hydrogen) atoms. The van der Waals surface area contributed by atoms with E-state index in [0.29, 0.717) is 29.4 Å². The zero-order valence-corrected chi connectivity index (χ0v) is 16.4. The topological polar surface area (TPSA) is 65.8 Å². The Hall–Kier alpha value is -3.48. The van der Waals surface area contributed by atoms with Crippen molar-refractivity contribution in [2.45, 2.75) is 6.54 Å². The number of benzene rings is 2. The maximum Gasteiger partial charge on any atom is 0.253 e. The second kappa shape index (κ2) is 8.47. The zero-order chi connectivity index (χ0) is 20.1. The fourth-order valence-corrected chi connectivity index (χ4v) is 3.01. The Morgan fingerprint density at radius 1 is 1.00 bits per heavy atom. The Balaban J connectivity index is 1.79. The van der Waals surface area contributed by atoms with Crippen LogP contribution in [0.3, 0.4) is 0 Å². The van der Waals surface area contributed by atoms with Gasteiger partial charge in [0.2, 0.25) is 5.75 Å². The molecule has 0 fully saturated rings. The first-order valence-electron chi connectivity index (χ1n) is 8.72. The molecule has 7 heteroatoms. The van der Waals surface area contributed by atoms with E-state index in [1.807, 2.05) is 30.5 Å². The summed E-state index contributed by atoms with van der Waals surface area (Å²) in [6.45, 7) is 0.364. The van der Waals surface area contributed by atoms with E-state index in [9.17, 15) is 4.79 Å². The summed E-state index contributed by atoms with van der Waals surface area (Å²) >= 11 is 0. The molecular weight excluding hydrogens is 358 g/mol. The van der Waals surface area contributed by atoms with E-state index in [1.54, 1.807) is 62.4 Å². The maximum absolute atomic E-state index is 12.8. The molecular formula is C21H23N3O4. The third-order valence-electron chi connectivity index (χ3n) is 4.42. The summed E-state index contributed by atoms with van der Waals surface area (Å²) in [7, 11) is 6.44. The molecule has 0 unspecified atom stereocenters. The number of hydrogen-bond acceptors (Lipinski definition) is 5. The quantitative estimate of drug-likeness (QED) is 0.629. The molecule has 1 amide bonds. The minimum atomic E-state index is -0.0937. The second-order valence-corrected chi connectivity index (χ2v) is 6.15. The summed E-state index contributed by atoms with van der Waals surface area (Å²) < 4.78 is 18.0. The first kappa shape index (κ1) is 19.3. The zero-order valence-electron chi connectivity index (χ0n) is 16.4. The molecule has 0 aliphatic heterocycles. The lowest BCUT2D eigenvalue weighted by molar-refractivity contribution is 0.0784. The number of carbonyl (C=O) groups is 1. The maximum atomic E-state index is 12.8. The molecule has 1 heterocycles. The van der Waals surface area contributed by atoms with E-state index >= 15 is 0 Å². The van der Waals surface area contributed by atoms with E-state index in [1.165, 1.54) is 0 Å². The minimum absolute atomic E-state index is 0.0937. The van der Waals surface area contributed by atoms with Gasteiger partial charge in [0.1, 0.15) is 0 Å². The van der Waals surface area contributed by atoms with E-state index in [2.05, 4.69) is 5.10 Å². The van der Waals surface area contributed by atoms with Crippen LogP contribution in [0.25, 0.3) is 5.69 Å². The highest BCUT2D eigenvalue weighted by Gasteiger charge is 2.19. The lowest BCUT2D eigenvalue weighted by atomic mass is 10.1. The van der Waals surface area contributed by atoms with Gasteiger partial charge in [0.05, 0.1) is 27.0 Å². The van der Waals surface area contributed by atoms with Crippen LogP contribution in [0.1, 0.15) is 15.9 Å². The van der Waals surface area contributed by atoms with Gasteiger partial charge in [0.15, 0.2) is 11.5 Å². The molecule has 0 saturated carbocycles. The normalized spacial score (nSPS) is 10.4. The highest BCUT2D eigenvalue weighted by atomic mass is 16.5. The average Bonchev–Trinajstić information content (AvgIpc) is 3.27. The number of nitrogens with zero attached hydrogens (tertiary/aromatic N) is 3. The fraction of sp³-hybridized carbons (Fsp3) is 0.238. The van der Waals surface area contributed by atoms with Crippen LogP contribution in [0.5, 0.6) is 17.2 Å². The lowest BCUT2D eigenvalue weighted by Gasteiger charge is -2.21. The molecule has 0 N–H and O–H groups in total. The Morgan fingerprint density at radius 2 is 1.71 bits per heavy atom. The van der Waals surface area contributed by atoms with Gasteiger partial charge in [0.25, 0.3) is 5.91 Å². The Kier molecular flexibility index (Phi) is 5.84. The van der Waals surface area contributed by atoms with Crippen molar-refractivity contribution in [1.29, 1.82) is 0 Å². The summed E-state index contributed by atoms with van der Waals surface area (Å²) in [6, 6.07) is 12.8. The molecule has 1 aromatic heterocycles. The Morgan fingerprint density at radius 3 is 2.29 bits per heavy atom. The van der Waals surface area contributed by atoms with Crippen LogP contribution < -0.4 is 14.2 Å². The third-order valence-corrected chi connectivity index (χ3v) is 4.42. The summed E-state index contributed by atoms with van der Waals surface area (Å²) in [6.07, 6.45) is 3.57. The van der Waals surface area contributed by atoms with E-state index in [0.717, 1.165) is 11.3 Å². The first-order chi connectivity index (χ1) is 13.6. The predicted molar refractivity (Wildman–Crippen MR) is 105 cm³/mol. The summed E-state index contributed by atoms with van der Waals surface area (Å²) in [4.78, 5) is 14.5. The largest absolute Gasteiger partial charge is 0.493 e. The van der Waals surface area contributed by atoms with Crippen molar-refractivity contribution in [2.24, 2.45) is 0 Å². The molecule has 0 atom stereocenters. The van der Waals surface area contributed by atoms with Gasteiger partial charge < -0.3 is 19.1 Å². The van der Waals surface area contributed by atoms with Crippen molar-refractivity contribution in [3.05, 3.63) is 66.0 Å². The van der Waals surface area contributed by atoms with Gasteiger partial charge in [-0.15, -0.1) is 0 Å². The van der Waals surface area contributed by atoms with Gasteiger partial charge in [-0.25, -0.2) is 4.68 Å². The predicted octanol–water partition coefficient (Wildman–Crippen LogP) is 3.17. The number of aromatic nitrogens is 2. The molecule has 0 aliphatic carbocycles. The van der Waals surface area contributed by atoms with Crippen LogP contribution >= 0.6 is 0 Å².